The van der Waals surface area contributed by atoms with Crippen LogP contribution >= 0.6 is 0 Å². The average Bonchev–Trinajstić information content (AvgIpc) is 2.91. The smallest absolute Gasteiger partial charge is 0.260 e. The predicted octanol–water partition coefficient (Wildman–Crippen LogP) is 1.02. The summed E-state index contributed by atoms with van der Waals surface area (Å²) >= 11 is 0. The predicted molar refractivity (Wildman–Crippen MR) is 66.1 cm³/mol. The van der Waals surface area contributed by atoms with Crippen LogP contribution in [-0.2, 0) is 16.6 Å². The van der Waals surface area contributed by atoms with Crippen molar-refractivity contribution in [3.63, 3.8) is 0 Å². The Labute approximate surface area is 106 Å². The molecule has 0 aromatic carbocycles. The van der Waals surface area contributed by atoms with E-state index >= 15 is 0 Å². The summed E-state index contributed by atoms with van der Waals surface area (Å²) in [4.78, 5) is 10.3. The van der Waals surface area contributed by atoms with Crippen molar-refractivity contribution in [3.8, 4) is 0 Å². The number of sulfonamides is 1. The third-order valence-corrected chi connectivity index (χ3v) is 4.40. The molecule has 1 N–H and O–H groups in total. The summed E-state index contributed by atoms with van der Waals surface area (Å²) in [6, 6.07) is 3.59. The summed E-state index contributed by atoms with van der Waals surface area (Å²) in [5.74, 6) is 0. The first-order chi connectivity index (χ1) is 8.64. The van der Waals surface area contributed by atoms with Gasteiger partial charge in [0.2, 0.25) is 0 Å². The lowest BCUT2D eigenvalue weighted by Gasteiger charge is -2.19. The fourth-order valence-electron chi connectivity index (χ4n) is 1.58. The molecular formula is C11H14N4O2S. The Kier molecular flexibility index (Phi) is 3.73. The Bertz CT molecular complexity index is 581. The van der Waals surface area contributed by atoms with Crippen molar-refractivity contribution >= 4 is 10.0 Å². The molecule has 6 nitrogen and oxygen atoms in total. The molecular weight excluding hydrogens is 252 g/mol. The lowest BCUT2D eigenvalue weighted by atomic mass is 10.3. The molecule has 0 aliphatic rings. The fraction of sp³-hybridized carbons (Fsp3) is 0.273. The first-order valence-corrected chi connectivity index (χ1v) is 6.96. The Balaban J connectivity index is 2.25. The van der Waals surface area contributed by atoms with Crippen molar-refractivity contribution in [2.45, 2.75) is 18.5 Å². The van der Waals surface area contributed by atoms with Gasteiger partial charge in [-0.05, 0) is 17.7 Å². The minimum atomic E-state index is -3.51. The maximum atomic E-state index is 12.3. The molecule has 7 heteroatoms. The summed E-state index contributed by atoms with van der Waals surface area (Å²) in [6.45, 7) is 2.51. The third kappa shape index (κ3) is 2.57. The van der Waals surface area contributed by atoms with Crippen LogP contribution in [0.1, 0.15) is 12.5 Å². The number of pyridine rings is 1. The molecule has 2 rings (SSSR count). The standard InChI is InChI=1S/C11H14N4O2S/c1-2-15(8-10-3-5-12-6-4-10)18(16,17)11-7-13-9-14-11/h3-7,9H,2,8H2,1H3,(H,13,14). The molecule has 96 valence electrons. The zero-order valence-corrected chi connectivity index (χ0v) is 10.8. The molecule has 2 heterocycles. The number of aromatic amines is 1. The number of H-pyrrole nitrogens is 1. The largest absolute Gasteiger partial charge is 0.335 e. The molecule has 0 aliphatic carbocycles. The van der Waals surface area contributed by atoms with E-state index in [1.54, 1.807) is 31.5 Å². The number of aromatic nitrogens is 3. The Morgan fingerprint density at radius 1 is 1.28 bits per heavy atom. The van der Waals surface area contributed by atoms with Gasteiger partial charge in [-0.2, -0.15) is 4.31 Å². The Morgan fingerprint density at radius 2 is 2.00 bits per heavy atom. The van der Waals surface area contributed by atoms with Gasteiger partial charge in [0.1, 0.15) is 0 Å². The van der Waals surface area contributed by atoms with Gasteiger partial charge in [-0.1, -0.05) is 6.92 Å². The number of hydrogen-bond donors (Lipinski definition) is 1. The summed E-state index contributed by atoms with van der Waals surface area (Å²) in [7, 11) is -3.51. The van der Waals surface area contributed by atoms with E-state index in [4.69, 9.17) is 0 Å². The summed E-state index contributed by atoms with van der Waals surface area (Å²) in [5, 5.41) is 0.110. The number of hydrogen-bond acceptors (Lipinski definition) is 4. The van der Waals surface area contributed by atoms with E-state index in [1.807, 2.05) is 0 Å². The maximum Gasteiger partial charge on any atom is 0.260 e. The average molecular weight is 266 g/mol. The number of rotatable bonds is 5. The van der Waals surface area contributed by atoms with Crippen LogP contribution in [0.15, 0.2) is 42.1 Å². The maximum absolute atomic E-state index is 12.3. The van der Waals surface area contributed by atoms with Crippen molar-refractivity contribution in [3.05, 3.63) is 42.6 Å². The minimum absolute atomic E-state index is 0.110. The van der Waals surface area contributed by atoms with E-state index < -0.39 is 10.0 Å². The van der Waals surface area contributed by atoms with Gasteiger partial charge < -0.3 is 4.98 Å². The van der Waals surface area contributed by atoms with Crippen molar-refractivity contribution in [2.24, 2.45) is 0 Å². The highest BCUT2D eigenvalue weighted by Crippen LogP contribution is 2.15. The van der Waals surface area contributed by atoms with Crippen LogP contribution in [0.5, 0.6) is 0 Å². The van der Waals surface area contributed by atoms with Gasteiger partial charge in [-0.3, -0.25) is 4.98 Å². The van der Waals surface area contributed by atoms with E-state index in [0.29, 0.717) is 13.1 Å². The van der Waals surface area contributed by atoms with Crippen LogP contribution in [0.4, 0.5) is 0 Å². The number of imidazole rings is 1. The second kappa shape index (κ2) is 5.28. The van der Waals surface area contributed by atoms with E-state index in [-0.39, 0.29) is 5.03 Å². The second-order valence-corrected chi connectivity index (χ2v) is 5.61. The first-order valence-electron chi connectivity index (χ1n) is 5.52. The highest BCUT2D eigenvalue weighted by molar-refractivity contribution is 7.89. The number of nitrogens with zero attached hydrogens (tertiary/aromatic N) is 3. The molecule has 0 bridgehead atoms. The molecule has 0 atom stereocenters. The molecule has 0 saturated heterocycles. The molecule has 2 aromatic heterocycles. The monoisotopic (exact) mass is 266 g/mol. The first kappa shape index (κ1) is 12.7. The van der Waals surface area contributed by atoms with Gasteiger partial charge in [0.05, 0.1) is 12.5 Å². The van der Waals surface area contributed by atoms with Crippen LogP contribution in [-0.4, -0.2) is 34.2 Å². The summed E-state index contributed by atoms with van der Waals surface area (Å²) < 4.78 is 25.9. The van der Waals surface area contributed by atoms with Gasteiger partial charge in [0, 0.05) is 25.5 Å². The summed E-state index contributed by atoms with van der Waals surface area (Å²) in [5.41, 5.74) is 0.898. The van der Waals surface area contributed by atoms with Crippen LogP contribution in [0.25, 0.3) is 0 Å². The lowest BCUT2D eigenvalue weighted by Crippen LogP contribution is -2.30. The Morgan fingerprint density at radius 3 is 2.56 bits per heavy atom. The third-order valence-electron chi connectivity index (χ3n) is 2.55. The summed E-state index contributed by atoms with van der Waals surface area (Å²) in [6.07, 6.45) is 5.95. The van der Waals surface area contributed by atoms with Crippen LogP contribution in [0, 0.1) is 0 Å². The highest BCUT2D eigenvalue weighted by atomic mass is 32.2. The van der Waals surface area contributed by atoms with Gasteiger partial charge in [0.15, 0.2) is 5.03 Å². The molecule has 0 fully saturated rings. The van der Waals surface area contributed by atoms with Crippen molar-refractivity contribution in [2.75, 3.05) is 6.54 Å². The van der Waals surface area contributed by atoms with E-state index in [2.05, 4.69) is 15.0 Å². The van der Waals surface area contributed by atoms with Crippen LogP contribution in [0.3, 0.4) is 0 Å². The molecule has 0 amide bonds. The van der Waals surface area contributed by atoms with Gasteiger partial charge in [-0.15, -0.1) is 0 Å². The van der Waals surface area contributed by atoms with Crippen molar-refractivity contribution in [1.82, 2.24) is 19.3 Å². The van der Waals surface area contributed by atoms with Crippen LogP contribution < -0.4 is 0 Å². The molecule has 0 aliphatic heterocycles. The second-order valence-electron chi connectivity index (χ2n) is 3.70. The molecule has 0 unspecified atom stereocenters. The molecule has 0 radical (unpaired) electrons. The molecule has 18 heavy (non-hydrogen) atoms. The van der Waals surface area contributed by atoms with Gasteiger partial charge in [-0.25, -0.2) is 13.4 Å². The lowest BCUT2D eigenvalue weighted by molar-refractivity contribution is 0.421. The topological polar surface area (TPSA) is 79.0 Å². The zero-order chi connectivity index (χ0) is 13.0. The van der Waals surface area contributed by atoms with Gasteiger partial charge in [0.25, 0.3) is 10.0 Å². The molecule has 2 aromatic rings. The normalized spacial score (nSPS) is 11.9. The zero-order valence-electron chi connectivity index (χ0n) is 9.94. The minimum Gasteiger partial charge on any atom is -0.335 e. The molecule has 0 saturated carbocycles. The van der Waals surface area contributed by atoms with Crippen LogP contribution in [0.2, 0.25) is 0 Å². The fourth-order valence-corrected chi connectivity index (χ4v) is 2.91. The quantitative estimate of drug-likeness (QED) is 0.876. The van der Waals surface area contributed by atoms with Gasteiger partial charge >= 0.3 is 0 Å². The van der Waals surface area contributed by atoms with Crippen molar-refractivity contribution in [1.29, 1.82) is 0 Å². The van der Waals surface area contributed by atoms with Crippen molar-refractivity contribution < 1.29 is 8.42 Å². The SMILES string of the molecule is CCN(Cc1ccncc1)S(=O)(=O)c1cnc[nH]1. The van der Waals surface area contributed by atoms with E-state index in [1.165, 1.54) is 16.8 Å². The molecule has 0 spiro atoms. The Hall–Kier alpha value is -1.73. The highest BCUT2D eigenvalue weighted by Gasteiger charge is 2.24. The van der Waals surface area contributed by atoms with E-state index in [9.17, 15) is 8.42 Å². The number of nitrogens with one attached hydrogen (secondary N) is 1. The van der Waals surface area contributed by atoms with E-state index in [0.717, 1.165) is 5.56 Å².